The Morgan fingerprint density at radius 3 is 2.53 bits per heavy atom. The molecule has 1 heterocycles. The van der Waals surface area contributed by atoms with Crippen LogP contribution in [0.4, 0.5) is 0 Å². The van der Waals surface area contributed by atoms with E-state index in [4.69, 9.17) is 9.52 Å². The second-order valence-electron chi connectivity index (χ2n) is 4.10. The van der Waals surface area contributed by atoms with Gasteiger partial charge in [-0.25, -0.2) is 4.79 Å². The Balaban J connectivity index is 1.98. The third-order valence-corrected chi connectivity index (χ3v) is 2.78. The first kappa shape index (κ1) is 13.3. The van der Waals surface area contributed by atoms with E-state index in [9.17, 15) is 9.90 Å². The summed E-state index contributed by atoms with van der Waals surface area (Å²) in [5.74, 6) is -0.656. The zero-order chi connectivity index (χ0) is 13.7. The van der Waals surface area contributed by atoms with Crippen LogP contribution in [0.15, 0.2) is 46.9 Å². The number of furan rings is 1. The van der Waals surface area contributed by atoms with Gasteiger partial charge in [-0.3, -0.25) is 0 Å². The van der Waals surface area contributed by atoms with Crippen molar-refractivity contribution in [1.29, 1.82) is 0 Å². The van der Waals surface area contributed by atoms with Gasteiger partial charge in [0, 0.05) is 0 Å². The smallest absolute Gasteiger partial charge is 0.371 e. The molecule has 1 aromatic carbocycles. The fourth-order valence-electron chi connectivity index (χ4n) is 1.78. The molecule has 19 heavy (non-hydrogen) atoms. The lowest BCUT2D eigenvalue weighted by atomic mass is 10.1. The van der Waals surface area contributed by atoms with E-state index >= 15 is 0 Å². The van der Waals surface area contributed by atoms with Crippen molar-refractivity contribution in [3.05, 3.63) is 59.5 Å². The van der Waals surface area contributed by atoms with Gasteiger partial charge in [-0.05, 0) is 17.7 Å². The molecule has 0 saturated carbocycles. The first-order valence-corrected chi connectivity index (χ1v) is 5.92. The molecule has 1 unspecified atom stereocenters. The summed E-state index contributed by atoms with van der Waals surface area (Å²) in [4.78, 5) is 10.7. The number of aliphatic hydroxyl groups excluding tert-OH is 1. The highest BCUT2D eigenvalue weighted by Crippen LogP contribution is 2.14. The molecule has 1 aromatic heterocycles. The molecule has 0 bridgehead atoms. The number of benzene rings is 1. The first-order chi connectivity index (χ1) is 9.20. The number of carboxylic acid groups (broad SMARTS) is 1. The molecule has 0 amide bonds. The summed E-state index contributed by atoms with van der Waals surface area (Å²) < 4.78 is 5.13. The summed E-state index contributed by atoms with van der Waals surface area (Å²) >= 11 is 0. The van der Waals surface area contributed by atoms with Crippen molar-refractivity contribution in [2.24, 2.45) is 0 Å². The molecule has 0 fully saturated rings. The maximum atomic E-state index is 10.7. The number of aromatic carboxylic acids is 1. The number of hydrogen-bond donors (Lipinski definition) is 3. The monoisotopic (exact) mass is 261 g/mol. The molecule has 5 heteroatoms. The molecule has 0 aliphatic rings. The van der Waals surface area contributed by atoms with Gasteiger partial charge >= 0.3 is 5.97 Å². The van der Waals surface area contributed by atoms with Gasteiger partial charge in [0.2, 0.25) is 5.76 Å². The van der Waals surface area contributed by atoms with Crippen molar-refractivity contribution in [2.45, 2.75) is 12.6 Å². The predicted octanol–water partition coefficient (Wildman–Crippen LogP) is 1.80. The van der Waals surface area contributed by atoms with Crippen LogP contribution in [0.3, 0.4) is 0 Å². The van der Waals surface area contributed by atoms with Crippen molar-refractivity contribution >= 4 is 5.97 Å². The Morgan fingerprint density at radius 1 is 1.21 bits per heavy atom. The van der Waals surface area contributed by atoms with Crippen molar-refractivity contribution in [1.82, 2.24) is 5.32 Å². The van der Waals surface area contributed by atoms with E-state index in [0.717, 1.165) is 5.56 Å². The standard InChI is InChI=1S/C14H15NO4/c16-9-12(10-4-2-1-3-5-10)15-8-11-6-7-13(19-11)14(17)18/h1-7,12,15-16H,8-9H2,(H,17,18). The van der Waals surface area contributed by atoms with Gasteiger partial charge in [-0.1, -0.05) is 30.3 Å². The van der Waals surface area contributed by atoms with Crippen molar-refractivity contribution in [2.75, 3.05) is 6.61 Å². The third-order valence-electron chi connectivity index (χ3n) is 2.78. The van der Waals surface area contributed by atoms with E-state index in [2.05, 4.69) is 5.32 Å². The Hall–Kier alpha value is -2.11. The van der Waals surface area contributed by atoms with Crippen LogP contribution in [0, 0.1) is 0 Å². The highest BCUT2D eigenvalue weighted by Gasteiger charge is 2.12. The van der Waals surface area contributed by atoms with Crippen molar-refractivity contribution < 1.29 is 19.4 Å². The number of rotatable bonds is 6. The van der Waals surface area contributed by atoms with Gasteiger partial charge in [0.25, 0.3) is 0 Å². The second kappa shape index (κ2) is 6.17. The SMILES string of the molecule is O=C(O)c1ccc(CNC(CO)c2ccccc2)o1. The van der Waals surface area contributed by atoms with Crippen LogP contribution in [-0.4, -0.2) is 22.8 Å². The Labute approximate surface area is 110 Å². The summed E-state index contributed by atoms with van der Waals surface area (Å²) in [6.07, 6.45) is 0. The van der Waals surface area contributed by atoms with Gasteiger partial charge in [0.05, 0.1) is 19.2 Å². The number of carboxylic acids is 1. The minimum atomic E-state index is -1.09. The largest absolute Gasteiger partial charge is 0.475 e. The minimum absolute atomic E-state index is 0.0451. The Morgan fingerprint density at radius 2 is 1.95 bits per heavy atom. The maximum absolute atomic E-state index is 10.7. The normalized spacial score (nSPS) is 12.3. The molecule has 0 aliphatic carbocycles. The molecule has 0 saturated heterocycles. The Kier molecular flexibility index (Phi) is 4.33. The molecule has 2 aromatic rings. The summed E-state index contributed by atoms with van der Waals surface area (Å²) in [5, 5.41) is 21.2. The van der Waals surface area contributed by atoms with E-state index in [1.807, 2.05) is 30.3 Å². The fourth-order valence-corrected chi connectivity index (χ4v) is 1.78. The lowest BCUT2D eigenvalue weighted by Crippen LogP contribution is -2.23. The van der Waals surface area contributed by atoms with Crippen molar-refractivity contribution in [3.63, 3.8) is 0 Å². The first-order valence-electron chi connectivity index (χ1n) is 5.92. The fraction of sp³-hybridized carbons (Fsp3) is 0.214. The van der Waals surface area contributed by atoms with Gasteiger partial charge in [0.1, 0.15) is 5.76 Å². The van der Waals surface area contributed by atoms with E-state index < -0.39 is 5.97 Å². The van der Waals surface area contributed by atoms with Crippen LogP contribution in [0.25, 0.3) is 0 Å². The summed E-state index contributed by atoms with van der Waals surface area (Å²) in [6, 6.07) is 12.3. The zero-order valence-corrected chi connectivity index (χ0v) is 10.2. The van der Waals surface area contributed by atoms with E-state index in [-0.39, 0.29) is 18.4 Å². The molecular weight excluding hydrogens is 246 g/mol. The topological polar surface area (TPSA) is 82.7 Å². The van der Waals surface area contributed by atoms with Gasteiger partial charge in [-0.15, -0.1) is 0 Å². The van der Waals surface area contributed by atoms with Crippen LogP contribution in [0.1, 0.15) is 27.9 Å². The van der Waals surface area contributed by atoms with Crippen LogP contribution in [0.5, 0.6) is 0 Å². The lowest BCUT2D eigenvalue weighted by molar-refractivity contribution is 0.0660. The number of hydrogen-bond acceptors (Lipinski definition) is 4. The molecule has 0 spiro atoms. The average molecular weight is 261 g/mol. The van der Waals surface area contributed by atoms with E-state index in [0.29, 0.717) is 12.3 Å². The third kappa shape index (κ3) is 3.43. The van der Waals surface area contributed by atoms with Crippen LogP contribution >= 0.6 is 0 Å². The highest BCUT2D eigenvalue weighted by atomic mass is 16.4. The van der Waals surface area contributed by atoms with Crippen LogP contribution < -0.4 is 5.32 Å². The summed E-state index contributed by atoms with van der Waals surface area (Å²) in [5.41, 5.74) is 0.968. The second-order valence-corrected chi connectivity index (χ2v) is 4.10. The van der Waals surface area contributed by atoms with Gasteiger partial charge in [-0.2, -0.15) is 0 Å². The minimum Gasteiger partial charge on any atom is -0.475 e. The number of nitrogens with one attached hydrogen (secondary N) is 1. The van der Waals surface area contributed by atoms with Crippen LogP contribution in [-0.2, 0) is 6.54 Å². The van der Waals surface area contributed by atoms with Gasteiger partial charge in [0.15, 0.2) is 0 Å². The maximum Gasteiger partial charge on any atom is 0.371 e. The van der Waals surface area contributed by atoms with E-state index in [1.54, 1.807) is 6.07 Å². The summed E-state index contributed by atoms with van der Waals surface area (Å²) in [6.45, 7) is 0.309. The Bertz CT molecular complexity index is 535. The van der Waals surface area contributed by atoms with Crippen LogP contribution in [0.2, 0.25) is 0 Å². The molecule has 0 aliphatic heterocycles. The van der Waals surface area contributed by atoms with E-state index in [1.165, 1.54) is 6.07 Å². The molecule has 5 nitrogen and oxygen atoms in total. The predicted molar refractivity (Wildman–Crippen MR) is 68.8 cm³/mol. The lowest BCUT2D eigenvalue weighted by Gasteiger charge is -2.15. The molecule has 3 N–H and O–H groups in total. The molecule has 1 atom stereocenters. The molecule has 2 rings (SSSR count). The highest BCUT2D eigenvalue weighted by molar-refractivity contribution is 5.84. The molecule has 100 valence electrons. The molecule has 0 radical (unpaired) electrons. The quantitative estimate of drug-likeness (QED) is 0.738. The zero-order valence-electron chi connectivity index (χ0n) is 10.2. The molecular formula is C14H15NO4. The number of aliphatic hydroxyl groups is 1. The number of carbonyl (C=O) groups is 1. The van der Waals surface area contributed by atoms with Gasteiger partial charge < -0.3 is 19.9 Å². The summed E-state index contributed by atoms with van der Waals surface area (Å²) in [7, 11) is 0. The average Bonchev–Trinajstić information content (AvgIpc) is 2.90. The van der Waals surface area contributed by atoms with Crippen molar-refractivity contribution in [3.8, 4) is 0 Å².